The highest BCUT2D eigenvalue weighted by atomic mass is 19.1. The highest BCUT2D eigenvalue weighted by molar-refractivity contribution is 5.93. The number of carboxylic acid groups (broad SMARTS) is 1. The molecule has 3 aromatic rings. The third kappa shape index (κ3) is 4.64. The Labute approximate surface area is 192 Å². The predicted molar refractivity (Wildman–Crippen MR) is 129 cm³/mol. The van der Waals surface area contributed by atoms with Crippen LogP contribution < -0.4 is 10.3 Å². The Bertz CT molecular complexity index is 1250. The molecule has 1 N–H and O–H groups in total. The van der Waals surface area contributed by atoms with Gasteiger partial charge in [-0.15, -0.1) is 0 Å². The summed E-state index contributed by atoms with van der Waals surface area (Å²) < 4.78 is 16.8. The van der Waals surface area contributed by atoms with Crippen molar-refractivity contribution in [2.75, 3.05) is 38.1 Å². The average molecular weight is 452 g/mol. The summed E-state index contributed by atoms with van der Waals surface area (Å²) in [4.78, 5) is 28.7. The summed E-state index contributed by atoms with van der Waals surface area (Å²) in [5, 5.41) is 9.65. The predicted octanol–water partition coefficient (Wildman–Crippen LogP) is 3.94. The summed E-state index contributed by atoms with van der Waals surface area (Å²) >= 11 is 0. The molecule has 2 heterocycles. The molecule has 1 saturated heterocycles. The van der Waals surface area contributed by atoms with Crippen LogP contribution in [0.5, 0.6) is 0 Å². The molecule has 0 atom stereocenters. The maximum Gasteiger partial charge on any atom is 0.341 e. The molecule has 7 heteroatoms. The van der Waals surface area contributed by atoms with Crippen LogP contribution in [0, 0.1) is 5.82 Å². The molecule has 174 valence electrons. The number of hydrogen-bond donors (Lipinski definition) is 1. The van der Waals surface area contributed by atoms with E-state index >= 15 is 4.39 Å². The minimum absolute atomic E-state index is 0.0218. The van der Waals surface area contributed by atoms with Crippen molar-refractivity contribution in [2.45, 2.75) is 32.7 Å². The lowest BCUT2D eigenvalue weighted by Crippen LogP contribution is -2.44. The summed E-state index contributed by atoms with van der Waals surface area (Å²) in [6, 6.07) is 11.0. The number of aromatic nitrogens is 1. The first-order valence-electron chi connectivity index (χ1n) is 11.2. The minimum atomic E-state index is -1.32. The lowest BCUT2D eigenvalue weighted by molar-refractivity contribution is 0.0695. The van der Waals surface area contributed by atoms with Crippen molar-refractivity contribution < 1.29 is 14.3 Å². The highest BCUT2D eigenvalue weighted by Crippen LogP contribution is 2.27. The fourth-order valence-corrected chi connectivity index (χ4v) is 4.28. The minimum Gasteiger partial charge on any atom is -0.477 e. The molecule has 0 amide bonds. The molecule has 2 aromatic carbocycles. The number of rotatable bonds is 4. The molecule has 0 bridgehead atoms. The molecule has 0 spiro atoms. The fraction of sp³-hybridized carbons (Fsp3) is 0.385. The van der Waals surface area contributed by atoms with Crippen molar-refractivity contribution in [1.29, 1.82) is 0 Å². The maximum atomic E-state index is 15.1. The molecule has 1 fully saturated rings. The van der Waals surface area contributed by atoms with Crippen LogP contribution in [0.4, 0.5) is 10.1 Å². The number of nitrogens with zero attached hydrogens (tertiary/aromatic N) is 3. The van der Waals surface area contributed by atoms with Gasteiger partial charge in [-0.25, -0.2) is 9.18 Å². The van der Waals surface area contributed by atoms with E-state index in [2.05, 4.69) is 37.8 Å². The van der Waals surface area contributed by atoms with Crippen LogP contribution >= 0.6 is 0 Å². The summed E-state index contributed by atoms with van der Waals surface area (Å²) in [6.07, 6.45) is 1.37. The number of fused-ring (bicyclic) bond motifs is 1. The number of benzene rings is 2. The molecule has 33 heavy (non-hydrogen) atoms. The summed E-state index contributed by atoms with van der Waals surface area (Å²) in [5.74, 6) is -1.82. The zero-order valence-electron chi connectivity index (χ0n) is 19.6. The number of carbonyl (C=O) groups is 1. The monoisotopic (exact) mass is 451 g/mol. The van der Waals surface area contributed by atoms with E-state index in [1.807, 2.05) is 24.1 Å². The van der Waals surface area contributed by atoms with Crippen molar-refractivity contribution in [3.8, 4) is 0 Å². The van der Waals surface area contributed by atoms with Crippen molar-refractivity contribution in [3.05, 3.63) is 75.3 Å². The Hall–Kier alpha value is -3.19. The van der Waals surface area contributed by atoms with Gasteiger partial charge in [-0.05, 0) is 35.7 Å². The topological polar surface area (TPSA) is 65.8 Å². The molecule has 1 aliphatic rings. The second-order valence-corrected chi connectivity index (χ2v) is 9.86. The van der Waals surface area contributed by atoms with Gasteiger partial charge in [0, 0.05) is 44.3 Å². The zero-order valence-corrected chi connectivity index (χ0v) is 19.6. The van der Waals surface area contributed by atoms with Gasteiger partial charge in [0.2, 0.25) is 5.43 Å². The number of anilines is 1. The van der Waals surface area contributed by atoms with E-state index < -0.39 is 17.2 Å². The van der Waals surface area contributed by atoms with Crippen molar-refractivity contribution >= 4 is 22.6 Å². The zero-order chi connectivity index (χ0) is 23.9. The number of likely N-dealkylation sites (N-methyl/N-ethyl adjacent to an activating group) is 1. The Morgan fingerprint density at radius 1 is 1.06 bits per heavy atom. The van der Waals surface area contributed by atoms with E-state index in [1.54, 1.807) is 10.6 Å². The molecule has 0 unspecified atom stereocenters. The molecule has 6 nitrogen and oxygen atoms in total. The molecule has 0 aliphatic carbocycles. The number of carboxylic acids is 1. The number of aromatic carboxylic acids is 1. The number of pyridine rings is 1. The smallest absolute Gasteiger partial charge is 0.341 e. The van der Waals surface area contributed by atoms with Crippen LogP contribution in [0.3, 0.4) is 0 Å². The number of piperazine rings is 1. The second kappa shape index (κ2) is 8.63. The largest absolute Gasteiger partial charge is 0.477 e. The summed E-state index contributed by atoms with van der Waals surface area (Å²) in [6.45, 7) is 9.82. The van der Waals surface area contributed by atoms with Gasteiger partial charge < -0.3 is 19.5 Å². The van der Waals surface area contributed by atoms with Crippen LogP contribution in [0.15, 0.2) is 47.4 Å². The van der Waals surface area contributed by atoms with E-state index in [-0.39, 0.29) is 16.4 Å². The first-order chi connectivity index (χ1) is 15.5. The average Bonchev–Trinajstić information content (AvgIpc) is 2.76. The van der Waals surface area contributed by atoms with Crippen LogP contribution in [0.2, 0.25) is 0 Å². The maximum absolute atomic E-state index is 15.1. The Morgan fingerprint density at radius 3 is 2.27 bits per heavy atom. The third-order valence-electron chi connectivity index (χ3n) is 6.40. The fourth-order valence-electron chi connectivity index (χ4n) is 4.28. The van der Waals surface area contributed by atoms with Gasteiger partial charge in [0.15, 0.2) is 0 Å². The van der Waals surface area contributed by atoms with E-state index in [0.717, 1.165) is 18.7 Å². The second-order valence-electron chi connectivity index (χ2n) is 9.86. The van der Waals surface area contributed by atoms with E-state index in [4.69, 9.17) is 0 Å². The first-order valence-corrected chi connectivity index (χ1v) is 11.2. The Kier molecular flexibility index (Phi) is 6.01. The number of halogens is 1. The van der Waals surface area contributed by atoms with Gasteiger partial charge in [-0.2, -0.15) is 0 Å². The van der Waals surface area contributed by atoms with E-state index in [9.17, 15) is 14.7 Å². The standard InChI is InChI=1S/C26H30FN3O3/c1-26(2,3)18-7-5-17(6-8-18)15-30-16-20(25(32)33)24(31)19-13-21(27)23(14-22(19)30)29-11-9-28(4)10-12-29/h5-8,13-14,16H,9-12,15H2,1-4H3,(H,32,33). The van der Waals surface area contributed by atoms with Crippen LogP contribution in [-0.2, 0) is 12.0 Å². The van der Waals surface area contributed by atoms with Gasteiger partial charge in [-0.3, -0.25) is 4.79 Å². The van der Waals surface area contributed by atoms with Crippen LogP contribution in [0.25, 0.3) is 10.9 Å². The van der Waals surface area contributed by atoms with Gasteiger partial charge in [0.25, 0.3) is 0 Å². The SMILES string of the molecule is CN1CCN(c2cc3c(cc2F)c(=O)c(C(=O)O)cn3Cc2ccc(C(C)(C)C)cc2)CC1. The summed E-state index contributed by atoms with van der Waals surface area (Å²) in [5.41, 5.74) is 2.13. The molecule has 4 rings (SSSR count). The normalized spacial score (nSPS) is 15.2. The quantitative estimate of drug-likeness (QED) is 0.651. The van der Waals surface area contributed by atoms with Gasteiger partial charge >= 0.3 is 5.97 Å². The van der Waals surface area contributed by atoms with Crippen molar-refractivity contribution in [1.82, 2.24) is 9.47 Å². The highest BCUT2D eigenvalue weighted by Gasteiger charge is 2.22. The molecule has 1 aromatic heterocycles. The third-order valence-corrected chi connectivity index (χ3v) is 6.40. The van der Waals surface area contributed by atoms with E-state index in [0.29, 0.717) is 30.8 Å². The van der Waals surface area contributed by atoms with Gasteiger partial charge in [0.05, 0.1) is 11.2 Å². The molecule has 1 aliphatic heterocycles. The van der Waals surface area contributed by atoms with Crippen LogP contribution in [0.1, 0.15) is 42.3 Å². The number of hydrogen-bond acceptors (Lipinski definition) is 4. The molecule has 0 saturated carbocycles. The lowest BCUT2D eigenvalue weighted by atomic mass is 9.87. The van der Waals surface area contributed by atoms with Gasteiger partial charge in [-0.1, -0.05) is 45.0 Å². The molecular formula is C26H30FN3O3. The van der Waals surface area contributed by atoms with Crippen LogP contribution in [-0.4, -0.2) is 53.8 Å². The lowest BCUT2D eigenvalue weighted by Gasteiger charge is -2.34. The Morgan fingerprint density at radius 2 is 1.70 bits per heavy atom. The molecular weight excluding hydrogens is 421 g/mol. The van der Waals surface area contributed by atoms with E-state index in [1.165, 1.54) is 17.8 Å². The van der Waals surface area contributed by atoms with Gasteiger partial charge in [0.1, 0.15) is 11.4 Å². The molecule has 0 radical (unpaired) electrons. The summed E-state index contributed by atoms with van der Waals surface area (Å²) in [7, 11) is 2.03. The first kappa shape index (κ1) is 23.0. The Balaban J connectivity index is 1.82. The van der Waals surface area contributed by atoms with Crippen molar-refractivity contribution in [2.24, 2.45) is 0 Å². The van der Waals surface area contributed by atoms with Crippen molar-refractivity contribution in [3.63, 3.8) is 0 Å².